The molecular formula is C32H47FN4O8S. The summed E-state index contributed by atoms with van der Waals surface area (Å²) in [6, 6.07) is -2.51. The zero-order valence-electron chi connectivity index (χ0n) is 27.6. The first-order chi connectivity index (χ1) is 21.0. The number of nitrogens with zero attached hydrogens (tertiary/aromatic N) is 1. The topological polar surface area (TPSA) is 171 Å². The number of alkyl carbamates (subject to hydrolysis) is 1. The summed E-state index contributed by atoms with van der Waals surface area (Å²) in [5.74, 6) is -3.98. The van der Waals surface area contributed by atoms with Crippen molar-refractivity contribution in [3.63, 3.8) is 0 Å². The smallest absolute Gasteiger partial charge is 0.408 e. The van der Waals surface area contributed by atoms with Gasteiger partial charge in [-0.05, 0) is 70.4 Å². The van der Waals surface area contributed by atoms with E-state index in [-0.39, 0.29) is 25.8 Å². The van der Waals surface area contributed by atoms with E-state index in [4.69, 9.17) is 4.74 Å². The second-order valence-electron chi connectivity index (χ2n) is 15.2. The van der Waals surface area contributed by atoms with E-state index in [9.17, 15) is 37.1 Å². The standard InChI is InChI=1S/C32H47FN4O8S/c1-9-19-15-32(19,27(40)36-46(43,44)21-11-12-21)35-25(38)23-16-31(42,20-10-13-22(33)18(2)14-20)17-37(23)26(39)24(29(3,4)5)34-28(41)45-30(6,7)8/h9-10,13,19-21,23-24,42H,1,11-12,14-17H2,2-8H3,(H,34,41)(H,35,38)(H,36,40)/t19-,20?,23+,24-,31+,32-/m1/s1. The number of halogens is 1. The number of hydrogen-bond acceptors (Lipinski definition) is 8. The van der Waals surface area contributed by atoms with Crippen LogP contribution in [0.15, 0.2) is 36.2 Å². The van der Waals surface area contributed by atoms with Crippen LogP contribution in [0.4, 0.5) is 9.18 Å². The highest BCUT2D eigenvalue weighted by atomic mass is 32.2. The summed E-state index contributed by atoms with van der Waals surface area (Å²) in [6.07, 6.45) is 4.23. The lowest BCUT2D eigenvalue weighted by molar-refractivity contribution is -0.143. The van der Waals surface area contributed by atoms with Gasteiger partial charge in [-0.3, -0.25) is 19.1 Å². The molecule has 256 valence electrons. The maximum atomic E-state index is 14.3. The molecule has 14 heteroatoms. The van der Waals surface area contributed by atoms with Crippen molar-refractivity contribution in [1.29, 1.82) is 0 Å². The van der Waals surface area contributed by atoms with E-state index in [0.717, 1.165) is 0 Å². The molecule has 1 saturated heterocycles. The normalized spacial score (nSPS) is 30.4. The molecule has 46 heavy (non-hydrogen) atoms. The number of aliphatic hydroxyl groups is 1. The molecule has 0 radical (unpaired) electrons. The van der Waals surface area contributed by atoms with E-state index in [1.165, 1.54) is 23.1 Å². The van der Waals surface area contributed by atoms with E-state index < -0.39 is 91.0 Å². The molecule has 0 spiro atoms. The van der Waals surface area contributed by atoms with E-state index in [0.29, 0.717) is 18.4 Å². The third-order valence-corrected chi connectivity index (χ3v) is 10.9. The maximum Gasteiger partial charge on any atom is 0.408 e. The largest absolute Gasteiger partial charge is 0.444 e. The number of ether oxygens (including phenoxy) is 1. The van der Waals surface area contributed by atoms with Gasteiger partial charge in [0.2, 0.25) is 21.8 Å². The quantitative estimate of drug-likeness (QED) is 0.272. The van der Waals surface area contributed by atoms with Crippen LogP contribution in [0.2, 0.25) is 0 Å². The summed E-state index contributed by atoms with van der Waals surface area (Å²) in [4.78, 5) is 55.7. The van der Waals surface area contributed by atoms with E-state index in [1.807, 2.05) is 0 Å². The lowest BCUT2D eigenvalue weighted by Crippen LogP contribution is -2.60. The Morgan fingerprint density at radius 2 is 1.78 bits per heavy atom. The predicted molar refractivity (Wildman–Crippen MR) is 168 cm³/mol. The van der Waals surface area contributed by atoms with Crippen molar-refractivity contribution >= 4 is 33.8 Å². The minimum Gasteiger partial charge on any atom is -0.444 e. The first-order valence-electron chi connectivity index (χ1n) is 15.6. The van der Waals surface area contributed by atoms with Crippen LogP contribution in [0, 0.1) is 17.3 Å². The zero-order chi connectivity index (χ0) is 34.6. The van der Waals surface area contributed by atoms with Crippen LogP contribution in [0.3, 0.4) is 0 Å². The van der Waals surface area contributed by atoms with Gasteiger partial charge in [-0.2, -0.15) is 0 Å². The molecule has 0 aromatic heterocycles. The Labute approximate surface area is 270 Å². The number of carbonyl (C=O) groups excluding carboxylic acids is 4. The molecule has 2 saturated carbocycles. The Hall–Kier alpha value is -3.26. The first kappa shape index (κ1) is 35.6. The summed E-state index contributed by atoms with van der Waals surface area (Å²) in [6.45, 7) is 15.2. The van der Waals surface area contributed by atoms with Gasteiger partial charge in [-0.1, -0.05) is 32.9 Å². The van der Waals surface area contributed by atoms with E-state index in [1.54, 1.807) is 48.5 Å². The summed E-state index contributed by atoms with van der Waals surface area (Å²) >= 11 is 0. The molecule has 1 unspecified atom stereocenters. The highest BCUT2D eigenvalue weighted by Gasteiger charge is 2.63. The monoisotopic (exact) mass is 666 g/mol. The van der Waals surface area contributed by atoms with Crippen LogP contribution < -0.4 is 15.4 Å². The Morgan fingerprint density at radius 3 is 2.28 bits per heavy atom. The Morgan fingerprint density at radius 1 is 1.15 bits per heavy atom. The highest BCUT2D eigenvalue weighted by molar-refractivity contribution is 7.91. The average Bonchev–Trinajstić information content (AvgIpc) is 3.84. The summed E-state index contributed by atoms with van der Waals surface area (Å²) in [5.41, 5.74) is -4.59. The molecule has 4 rings (SSSR count). The van der Waals surface area contributed by atoms with Gasteiger partial charge in [0.25, 0.3) is 5.91 Å². The van der Waals surface area contributed by atoms with Gasteiger partial charge in [0.15, 0.2) is 0 Å². The van der Waals surface area contributed by atoms with Gasteiger partial charge in [-0.15, -0.1) is 6.58 Å². The van der Waals surface area contributed by atoms with Gasteiger partial charge in [0, 0.05) is 18.3 Å². The molecule has 3 fully saturated rings. The number of allylic oxidation sites excluding steroid dienone is 3. The minimum absolute atomic E-state index is 0.0959. The van der Waals surface area contributed by atoms with Gasteiger partial charge < -0.3 is 25.4 Å². The van der Waals surface area contributed by atoms with Crippen molar-refractivity contribution in [1.82, 2.24) is 20.3 Å². The fourth-order valence-corrected chi connectivity index (χ4v) is 7.48. The first-order valence-corrected chi connectivity index (χ1v) is 17.1. The van der Waals surface area contributed by atoms with Gasteiger partial charge in [0.1, 0.15) is 29.1 Å². The predicted octanol–water partition coefficient (Wildman–Crippen LogP) is 2.75. The zero-order valence-corrected chi connectivity index (χ0v) is 28.4. The molecule has 1 heterocycles. The Kier molecular flexibility index (Phi) is 9.34. The van der Waals surface area contributed by atoms with Crippen LogP contribution in [-0.4, -0.2) is 82.9 Å². The third-order valence-electron chi connectivity index (χ3n) is 9.07. The van der Waals surface area contributed by atoms with Crippen LogP contribution in [0.1, 0.15) is 80.6 Å². The van der Waals surface area contributed by atoms with Crippen molar-refractivity contribution in [2.75, 3.05) is 6.54 Å². The maximum absolute atomic E-state index is 14.3. The van der Waals surface area contributed by atoms with E-state index >= 15 is 0 Å². The number of hydrogen-bond donors (Lipinski definition) is 4. The van der Waals surface area contributed by atoms with Gasteiger partial charge in [-0.25, -0.2) is 17.6 Å². The molecule has 12 nitrogen and oxygen atoms in total. The van der Waals surface area contributed by atoms with E-state index in [2.05, 4.69) is 21.9 Å². The Balaban J connectivity index is 1.66. The number of nitrogens with one attached hydrogen (secondary N) is 3. The lowest BCUT2D eigenvalue weighted by atomic mass is 9.79. The number of likely N-dealkylation sites (tertiary alicyclic amines) is 1. The SMILES string of the molecule is C=C[C@@H]1C[C@]1(NC(=O)[C@@H]1C[C@@](O)(C2C=CC(F)=C(C)C2)CN1C(=O)[C@@H](NC(=O)OC(C)(C)C)C(C)(C)C)C(=O)NS(=O)(=O)C1CC1. The van der Waals surface area contributed by atoms with Crippen molar-refractivity contribution in [2.24, 2.45) is 17.3 Å². The number of rotatable bonds is 9. The molecule has 0 bridgehead atoms. The number of β-amino-alcohol motifs (C(OH)–C–C–N with tert-alkyl or cyclic N) is 1. The molecule has 0 aromatic carbocycles. The molecule has 4 amide bonds. The molecule has 3 aliphatic carbocycles. The van der Waals surface area contributed by atoms with Crippen molar-refractivity contribution in [2.45, 2.75) is 115 Å². The molecule has 1 aliphatic heterocycles. The summed E-state index contributed by atoms with van der Waals surface area (Å²) in [5, 5.41) is 16.6. The third kappa shape index (κ3) is 7.48. The number of carbonyl (C=O) groups is 4. The number of sulfonamides is 1. The lowest BCUT2D eigenvalue weighted by Gasteiger charge is -2.36. The molecule has 4 N–H and O–H groups in total. The van der Waals surface area contributed by atoms with Crippen LogP contribution in [0.25, 0.3) is 0 Å². The van der Waals surface area contributed by atoms with Gasteiger partial charge >= 0.3 is 6.09 Å². The highest BCUT2D eigenvalue weighted by Crippen LogP contribution is 2.46. The second-order valence-corrected chi connectivity index (χ2v) is 17.2. The summed E-state index contributed by atoms with van der Waals surface area (Å²) < 4.78 is 46.8. The van der Waals surface area contributed by atoms with Crippen molar-refractivity contribution in [3.05, 3.63) is 36.2 Å². The second kappa shape index (κ2) is 12.1. The van der Waals surface area contributed by atoms with Crippen molar-refractivity contribution < 1.29 is 41.8 Å². The van der Waals surface area contributed by atoms with Crippen LogP contribution in [-0.2, 0) is 29.1 Å². The minimum atomic E-state index is -3.92. The molecule has 4 aliphatic rings. The summed E-state index contributed by atoms with van der Waals surface area (Å²) in [7, 11) is -3.92. The fraction of sp³-hybridized carbons (Fsp3) is 0.688. The van der Waals surface area contributed by atoms with Crippen LogP contribution >= 0.6 is 0 Å². The molecular weight excluding hydrogens is 619 g/mol. The fourth-order valence-electron chi connectivity index (χ4n) is 6.12. The van der Waals surface area contributed by atoms with Gasteiger partial charge in [0.05, 0.1) is 17.4 Å². The number of amides is 4. The Bertz CT molecular complexity index is 1470. The average molecular weight is 667 g/mol. The van der Waals surface area contributed by atoms with Crippen molar-refractivity contribution in [3.8, 4) is 0 Å². The molecule has 0 aromatic rings. The van der Waals surface area contributed by atoms with Crippen LogP contribution in [0.5, 0.6) is 0 Å². The molecule has 6 atom stereocenters.